The van der Waals surface area contributed by atoms with Crippen molar-refractivity contribution in [2.45, 2.75) is 6.54 Å². The number of benzene rings is 1. The summed E-state index contributed by atoms with van der Waals surface area (Å²) < 4.78 is 10.4. The number of fused-ring (bicyclic) bond motifs is 1. The molecule has 20 heavy (non-hydrogen) atoms. The van der Waals surface area contributed by atoms with Crippen LogP contribution in [0, 0.1) is 0 Å². The van der Waals surface area contributed by atoms with E-state index >= 15 is 0 Å². The first-order valence-corrected chi connectivity index (χ1v) is 6.38. The maximum absolute atomic E-state index is 12.1. The summed E-state index contributed by atoms with van der Waals surface area (Å²) in [6.07, 6.45) is 3.38. The molecule has 5 nitrogen and oxygen atoms in total. The molecule has 0 radical (unpaired) electrons. The fourth-order valence-electron chi connectivity index (χ4n) is 1.89. The van der Waals surface area contributed by atoms with Gasteiger partial charge in [-0.2, -0.15) is 0 Å². The highest BCUT2D eigenvalue weighted by Crippen LogP contribution is 2.39. The van der Waals surface area contributed by atoms with E-state index in [2.05, 4.69) is 10.3 Å². The number of carbonyl (C=O) groups excluding carboxylic acids is 1. The average Bonchev–Trinajstić information content (AvgIpc) is 2.95. The van der Waals surface area contributed by atoms with Gasteiger partial charge < -0.3 is 14.8 Å². The molecule has 0 saturated carbocycles. The number of halogens is 1. The lowest BCUT2D eigenvalue weighted by Gasteiger charge is -2.07. The second-order valence-electron chi connectivity index (χ2n) is 4.24. The van der Waals surface area contributed by atoms with Crippen molar-refractivity contribution < 1.29 is 14.3 Å². The Morgan fingerprint density at radius 1 is 1.40 bits per heavy atom. The Morgan fingerprint density at radius 2 is 2.30 bits per heavy atom. The number of pyridine rings is 1. The van der Waals surface area contributed by atoms with Crippen LogP contribution in [-0.2, 0) is 6.54 Å². The van der Waals surface area contributed by atoms with E-state index in [0.717, 1.165) is 5.56 Å². The molecule has 0 aliphatic carbocycles. The Bertz CT molecular complexity index is 646. The quantitative estimate of drug-likeness (QED) is 0.943. The molecule has 1 amide bonds. The molecule has 0 unspecified atom stereocenters. The SMILES string of the molecule is O=C(NCc1cccnc1)c1cc(Cl)c2c(c1)OCO2. The van der Waals surface area contributed by atoms with E-state index in [0.29, 0.717) is 28.6 Å². The van der Waals surface area contributed by atoms with Crippen LogP contribution in [0.5, 0.6) is 11.5 Å². The lowest BCUT2D eigenvalue weighted by molar-refractivity contribution is 0.0950. The minimum absolute atomic E-state index is 0.121. The van der Waals surface area contributed by atoms with Crippen molar-refractivity contribution in [2.24, 2.45) is 0 Å². The second-order valence-corrected chi connectivity index (χ2v) is 4.64. The number of rotatable bonds is 3. The number of ether oxygens (including phenoxy) is 2. The van der Waals surface area contributed by atoms with E-state index < -0.39 is 0 Å². The van der Waals surface area contributed by atoms with Crippen molar-refractivity contribution in [3.63, 3.8) is 0 Å². The Morgan fingerprint density at radius 3 is 3.10 bits per heavy atom. The number of aromatic nitrogens is 1. The zero-order chi connectivity index (χ0) is 13.9. The number of hydrogen-bond donors (Lipinski definition) is 1. The van der Waals surface area contributed by atoms with Crippen LogP contribution in [-0.4, -0.2) is 17.7 Å². The van der Waals surface area contributed by atoms with Gasteiger partial charge in [0.15, 0.2) is 11.5 Å². The number of nitrogens with one attached hydrogen (secondary N) is 1. The Labute approximate surface area is 120 Å². The summed E-state index contributed by atoms with van der Waals surface area (Å²) in [5.74, 6) is 0.744. The molecule has 2 aromatic rings. The number of carbonyl (C=O) groups is 1. The third-order valence-electron chi connectivity index (χ3n) is 2.87. The van der Waals surface area contributed by atoms with Crippen molar-refractivity contribution in [2.75, 3.05) is 6.79 Å². The smallest absolute Gasteiger partial charge is 0.251 e. The molecule has 1 aliphatic heterocycles. The highest BCUT2D eigenvalue weighted by atomic mass is 35.5. The van der Waals surface area contributed by atoms with Gasteiger partial charge in [-0.3, -0.25) is 9.78 Å². The van der Waals surface area contributed by atoms with Crippen LogP contribution in [0.15, 0.2) is 36.7 Å². The van der Waals surface area contributed by atoms with Crippen LogP contribution < -0.4 is 14.8 Å². The largest absolute Gasteiger partial charge is 0.454 e. The van der Waals surface area contributed by atoms with E-state index in [9.17, 15) is 4.79 Å². The van der Waals surface area contributed by atoms with Crippen LogP contribution >= 0.6 is 11.6 Å². The average molecular weight is 291 g/mol. The summed E-state index contributed by atoms with van der Waals surface area (Å²) in [5, 5.41) is 3.17. The van der Waals surface area contributed by atoms with Crippen molar-refractivity contribution in [3.8, 4) is 11.5 Å². The van der Waals surface area contributed by atoms with Crippen LogP contribution in [0.2, 0.25) is 5.02 Å². The Hall–Kier alpha value is -2.27. The topological polar surface area (TPSA) is 60.5 Å². The highest BCUT2D eigenvalue weighted by Gasteiger charge is 2.20. The normalized spacial score (nSPS) is 12.2. The molecule has 0 saturated heterocycles. The van der Waals surface area contributed by atoms with Gasteiger partial charge in [-0.15, -0.1) is 0 Å². The molecule has 0 atom stereocenters. The predicted molar refractivity (Wildman–Crippen MR) is 73.0 cm³/mol. The summed E-state index contributed by atoms with van der Waals surface area (Å²) >= 11 is 6.04. The van der Waals surface area contributed by atoms with Crippen molar-refractivity contribution >= 4 is 17.5 Å². The minimum atomic E-state index is -0.228. The molecule has 6 heteroatoms. The van der Waals surface area contributed by atoms with Crippen molar-refractivity contribution in [3.05, 3.63) is 52.8 Å². The van der Waals surface area contributed by atoms with E-state index in [1.807, 2.05) is 12.1 Å². The maximum atomic E-state index is 12.1. The summed E-state index contributed by atoms with van der Waals surface area (Å²) in [5.41, 5.74) is 1.36. The van der Waals surface area contributed by atoms with Crippen molar-refractivity contribution in [1.82, 2.24) is 10.3 Å². The van der Waals surface area contributed by atoms with E-state index in [-0.39, 0.29) is 12.7 Å². The zero-order valence-electron chi connectivity index (χ0n) is 10.4. The molecule has 3 rings (SSSR count). The molecule has 2 heterocycles. The highest BCUT2D eigenvalue weighted by molar-refractivity contribution is 6.32. The van der Waals surface area contributed by atoms with Gasteiger partial charge in [0.1, 0.15) is 0 Å². The summed E-state index contributed by atoms with van der Waals surface area (Å²) in [6, 6.07) is 6.89. The van der Waals surface area contributed by atoms with Gasteiger partial charge in [-0.05, 0) is 23.8 Å². The first-order valence-electron chi connectivity index (χ1n) is 6.00. The summed E-state index contributed by atoms with van der Waals surface area (Å²) in [6.45, 7) is 0.522. The molecule has 1 aliphatic rings. The predicted octanol–water partition coefficient (Wildman–Crippen LogP) is 2.39. The van der Waals surface area contributed by atoms with Gasteiger partial charge in [0.05, 0.1) is 5.02 Å². The molecule has 1 aromatic heterocycles. The van der Waals surface area contributed by atoms with E-state index in [1.165, 1.54) is 0 Å². The van der Waals surface area contributed by atoms with E-state index in [4.69, 9.17) is 21.1 Å². The molecule has 1 aromatic carbocycles. The molecule has 0 fully saturated rings. The molecular weight excluding hydrogens is 280 g/mol. The first kappa shape index (κ1) is 12.7. The minimum Gasteiger partial charge on any atom is -0.454 e. The molecular formula is C14H11ClN2O3. The van der Waals surface area contributed by atoms with Crippen LogP contribution in [0.4, 0.5) is 0 Å². The van der Waals surface area contributed by atoms with E-state index in [1.54, 1.807) is 24.5 Å². The number of amides is 1. The van der Waals surface area contributed by atoms with Crippen LogP contribution in [0.25, 0.3) is 0 Å². The number of hydrogen-bond acceptors (Lipinski definition) is 4. The first-order chi connectivity index (χ1) is 9.74. The summed E-state index contributed by atoms with van der Waals surface area (Å²) in [7, 11) is 0. The fraction of sp³-hybridized carbons (Fsp3) is 0.143. The van der Waals surface area contributed by atoms with Gasteiger partial charge in [0.2, 0.25) is 6.79 Å². The lowest BCUT2D eigenvalue weighted by atomic mass is 10.2. The summed E-state index contributed by atoms with van der Waals surface area (Å²) in [4.78, 5) is 16.1. The Kier molecular flexibility index (Phi) is 3.43. The third kappa shape index (κ3) is 2.53. The fourth-order valence-corrected chi connectivity index (χ4v) is 2.15. The third-order valence-corrected chi connectivity index (χ3v) is 3.15. The molecule has 0 bridgehead atoms. The van der Waals surface area contributed by atoms with Gasteiger partial charge >= 0.3 is 0 Å². The monoisotopic (exact) mass is 290 g/mol. The van der Waals surface area contributed by atoms with Gasteiger partial charge in [-0.1, -0.05) is 17.7 Å². The van der Waals surface area contributed by atoms with Crippen LogP contribution in [0.3, 0.4) is 0 Å². The maximum Gasteiger partial charge on any atom is 0.251 e. The van der Waals surface area contributed by atoms with Gasteiger partial charge in [-0.25, -0.2) is 0 Å². The van der Waals surface area contributed by atoms with Crippen LogP contribution in [0.1, 0.15) is 15.9 Å². The molecule has 1 N–H and O–H groups in total. The second kappa shape index (κ2) is 5.38. The van der Waals surface area contributed by atoms with Gasteiger partial charge in [0, 0.05) is 24.5 Å². The lowest BCUT2D eigenvalue weighted by Crippen LogP contribution is -2.22. The van der Waals surface area contributed by atoms with Gasteiger partial charge in [0.25, 0.3) is 5.91 Å². The molecule has 102 valence electrons. The van der Waals surface area contributed by atoms with Crippen molar-refractivity contribution in [1.29, 1.82) is 0 Å². The Balaban J connectivity index is 1.73. The molecule has 0 spiro atoms. The number of nitrogens with zero attached hydrogens (tertiary/aromatic N) is 1. The zero-order valence-corrected chi connectivity index (χ0v) is 11.2. The standard InChI is InChI=1S/C14H11ClN2O3/c15-11-4-10(5-12-13(11)20-8-19-12)14(18)17-7-9-2-1-3-16-6-9/h1-6H,7-8H2,(H,17,18).